The van der Waals surface area contributed by atoms with Gasteiger partial charge in [-0.05, 0) is 51.9 Å². The van der Waals surface area contributed by atoms with Crippen molar-refractivity contribution in [1.82, 2.24) is 5.32 Å². The van der Waals surface area contributed by atoms with Crippen LogP contribution in [0.1, 0.15) is 60.3 Å². The van der Waals surface area contributed by atoms with Crippen LogP contribution in [0.2, 0.25) is 0 Å². The van der Waals surface area contributed by atoms with Gasteiger partial charge >= 0.3 is 6.09 Å². The van der Waals surface area contributed by atoms with E-state index in [1.165, 1.54) is 0 Å². The molecule has 1 aliphatic rings. The fourth-order valence-electron chi connectivity index (χ4n) is 2.12. The average Bonchev–Trinajstić information content (AvgIpc) is 2.18. The van der Waals surface area contributed by atoms with Crippen molar-refractivity contribution in [3.8, 4) is 0 Å². The molecular formula is C14H27NO3. The summed E-state index contributed by atoms with van der Waals surface area (Å²) < 4.78 is 5.15. The number of aliphatic hydroxyl groups is 1. The second kappa shape index (κ2) is 5.08. The second-order valence-corrected chi connectivity index (χ2v) is 7.24. The summed E-state index contributed by atoms with van der Waals surface area (Å²) in [5, 5.41) is 13.0. The van der Waals surface area contributed by atoms with Gasteiger partial charge in [-0.25, -0.2) is 4.79 Å². The lowest BCUT2D eigenvalue weighted by Crippen LogP contribution is -2.47. The van der Waals surface area contributed by atoms with Gasteiger partial charge < -0.3 is 15.2 Å². The topological polar surface area (TPSA) is 58.6 Å². The zero-order valence-electron chi connectivity index (χ0n) is 12.3. The minimum Gasteiger partial charge on any atom is -0.444 e. The fraction of sp³-hybridized carbons (Fsp3) is 0.929. The van der Waals surface area contributed by atoms with Gasteiger partial charge in [-0.3, -0.25) is 0 Å². The highest BCUT2D eigenvalue weighted by molar-refractivity contribution is 5.67. The Morgan fingerprint density at radius 3 is 2.17 bits per heavy atom. The Morgan fingerprint density at radius 1 is 1.22 bits per heavy atom. The Bertz CT molecular complexity index is 295. The number of ether oxygens (including phenoxy) is 1. The Labute approximate surface area is 110 Å². The smallest absolute Gasteiger partial charge is 0.407 e. The van der Waals surface area contributed by atoms with Gasteiger partial charge in [0.15, 0.2) is 0 Å². The summed E-state index contributed by atoms with van der Waals surface area (Å²) in [6.07, 6.45) is 2.98. The average molecular weight is 257 g/mol. The second-order valence-electron chi connectivity index (χ2n) is 7.24. The van der Waals surface area contributed by atoms with Crippen LogP contribution in [-0.2, 0) is 4.74 Å². The van der Waals surface area contributed by atoms with Crippen LogP contribution in [0.5, 0.6) is 0 Å². The predicted molar refractivity (Wildman–Crippen MR) is 71.4 cm³/mol. The van der Waals surface area contributed by atoms with Crippen molar-refractivity contribution < 1.29 is 14.6 Å². The van der Waals surface area contributed by atoms with Crippen molar-refractivity contribution in [1.29, 1.82) is 0 Å². The quantitative estimate of drug-likeness (QED) is 0.799. The molecule has 0 heterocycles. The van der Waals surface area contributed by atoms with Gasteiger partial charge in [-0.15, -0.1) is 0 Å². The first-order valence-corrected chi connectivity index (χ1v) is 6.71. The Balaban J connectivity index is 2.37. The van der Waals surface area contributed by atoms with Gasteiger partial charge in [0.1, 0.15) is 5.60 Å². The van der Waals surface area contributed by atoms with E-state index in [2.05, 4.69) is 19.2 Å². The molecule has 1 amide bonds. The lowest BCUT2D eigenvalue weighted by Gasteiger charge is -2.40. The van der Waals surface area contributed by atoms with E-state index in [-0.39, 0.29) is 6.54 Å². The molecule has 0 unspecified atom stereocenters. The van der Waals surface area contributed by atoms with Crippen LogP contribution in [-0.4, -0.2) is 28.9 Å². The van der Waals surface area contributed by atoms with Crippen molar-refractivity contribution in [2.24, 2.45) is 5.41 Å². The van der Waals surface area contributed by atoms with Crippen LogP contribution in [0.25, 0.3) is 0 Å². The van der Waals surface area contributed by atoms with Crippen molar-refractivity contribution in [3.63, 3.8) is 0 Å². The number of rotatable bonds is 2. The van der Waals surface area contributed by atoms with E-state index in [0.717, 1.165) is 25.7 Å². The van der Waals surface area contributed by atoms with Crippen molar-refractivity contribution in [2.75, 3.05) is 6.54 Å². The summed E-state index contributed by atoms with van der Waals surface area (Å²) in [5.74, 6) is 0. The molecule has 1 fully saturated rings. The van der Waals surface area contributed by atoms with E-state index >= 15 is 0 Å². The van der Waals surface area contributed by atoms with E-state index in [4.69, 9.17) is 4.74 Å². The SMILES string of the molecule is CC1(C)CCC(O)(CNC(=O)OC(C)(C)C)CC1. The van der Waals surface area contributed by atoms with Gasteiger partial charge in [0.05, 0.1) is 5.60 Å². The standard InChI is InChI=1S/C14H27NO3/c1-12(2,3)18-11(16)15-10-14(17)8-6-13(4,5)7-9-14/h17H,6-10H2,1-5H3,(H,15,16). The maximum atomic E-state index is 11.5. The molecule has 0 aromatic carbocycles. The molecule has 0 bridgehead atoms. The fourth-order valence-corrected chi connectivity index (χ4v) is 2.12. The van der Waals surface area contributed by atoms with E-state index in [0.29, 0.717) is 5.41 Å². The monoisotopic (exact) mass is 257 g/mol. The van der Waals surface area contributed by atoms with Gasteiger partial charge in [-0.1, -0.05) is 13.8 Å². The van der Waals surface area contributed by atoms with Crippen molar-refractivity contribution in [2.45, 2.75) is 71.5 Å². The molecule has 0 spiro atoms. The summed E-state index contributed by atoms with van der Waals surface area (Å²) in [7, 11) is 0. The molecule has 4 heteroatoms. The molecule has 0 radical (unpaired) electrons. The third-order valence-corrected chi connectivity index (χ3v) is 3.49. The normalized spacial score (nSPS) is 22.3. The highest BCUT2D eigenvalue weighted by Gasteiger charge is 2.37. The molecule has 0 aromatic heterocycles. The largest absolute Gasteiger partial charge is 0.444 e. The predicted octanol–water partition coefficient (Wildman–Crippen LogP) is 2.84. The Hall–Kier alpha value is -0.770. The molecule has 4 nitrogen and oxygen atoms in total. The first-order valence-electron chi connectivity index (χ1n) is 6.71. The number of hydrogen-bond acceptors (Lipinski definition) is 3. The molecule has 0 aliphatic heterocycles. The Kier molecular flexibility index (Phi) is 4.31. The van der Waals surface area contributed by atoms with Crippen molar-refractivity contribution >= 4 is 6.09 Å². The number of carbonyl (C=O) groups is 1. The highest BCUT2D eigenvalue weighted by atomic mass is 16.6. The lowest BCUT2D eigenvalue weighted by molar-refractivity contribution is -0.0268. The number of amides is 1. The first-order chi connectivity index (χ1) is 8.02. The summed E-state index contributed by atoms with van der Waals surface area (Å²) in [6, 6.07) is 0. The molecular weight excluding hydrogens is 230 g/mol. The maximum Gasteiger partial charge on any atom is 0.407 e. The molecule has 1 rings (SSSR count). The van der Waals surface area contributed by atoms with Crippen LogP contribution in [0.3, 0.4) is 0 Å². The molecule has 106 valence electrons. The van der Waals surface area contributed by atoms with E-state index in [9.17, 15) is 9.90 Å². The number of alkyl carbamates (subject to hydrolysis) is 1. The van der Waals surface area contributed by atoms with E-state index in [1.54, 1.807) is 0 Å². The summed E-state index contributed by atoms with van der Waals surface area (Å²) in [5.41, 5.74) is -0.966. The third-order valence-electron chi connectivity index (χ3n) is 3.49. The molecule has 0 saturated heterocycles. The third kappa shape index (κ3) is 5.25. The zero-order chi connectivity index (χ0) is 14.0. The van der Waals surface area contributed by atoms with Crippen LogP contribution in [0.15, 0.2) is 0 Å². The Morgan fingerprint density at radius 2 is 1.72 bits per heavy atom. The summed E-state index contributed by atoms with van der Waals surface area (Å²) >= 11 is 0. The molecule has 1 aliphatic carbocycles. The minimum absolute atomic E-state index is 0.276. The van der Waals surface area contributed by atoms with Crippen LogP contribution in [0.4, 0.5) is 4.79 Å². The summed E-state index contributed by atoms with van der Waals surface area (Å²) in [4.78, 5) is 11.5. The summed E-state index contributed by atoms with van der Waals surface area (Å²) in [6.45, 7) is 10.2. The van der Waals surface area contributed by atoms with Gasteiger partial charge in [0, 0.05) is 6.54 Å². The molecule has 0 aromatic rings. The number of hydrogen-bond donors (Lipinski definition) is 2. The molecule has 0 atom stereocenters. The van der Waals surface area contributed by atoms with Crippen LogP contribution < -0.4 is 5.32 Å². The number of carbonyl (C=O) groups excluding carboxylic acids is 1. The van der Waals surface area contributed by atoms with Gasteiger partial charge in [0.2, 0.25) is 0 Å². The first kappa shape index (κ1) is 15.3. The number of nitrogens with one attached hydrogen (secondary N) is 1. The highest BCUT2D eigenvalue weighted by Crippen LogP contribution is 2.39. The maximum absolute atomic E-state index is 11.5. The minimum atomic E-state index is -0.771. The van der Waals surface area contributed by atoms with E-state index < -0.39 is 17.3 Å². The zero-order valence-corrected chi connectivity index (χ0v) is 12.3. The van der Waals surface area contributed by atoms with E-state index in [1.807, 2.05) is 20.8 Å². The molecule has 2 N–H and O–H groups in total. The molecule has 18 heavy (non-hydrogen) atoms. The van der Waals surface area contributed by atoms with Gasteiger partial charge in [0.25, 0.3) is 0 Å². The lowest BCUT2D eigenvalue weighted by atomic mass is 9.71. The van der Waals surface area contributed by atoms with Crippen molar-refractivity contribution in [3.05, 3.63) is 0 Å². The van der Waals surface area contributed by atoms with Crippen LogP contribution in [0, 0.1) is 5.41 Å². The molecule has 1 saturated carbocycles. The van der Waals surface area contributed by atoms with Crippen LogP contribution >= 0.6 is 0 Å². The van der Waals surface area contributed by atoms with Gasteiger partial charge in [-0.2, -0.15) is 0 Å².